The second kappa shape index (κ2) is 7.10. The van der Waals surface area contributed by atoms with Crippen molar-refractivity contribution in [3.05, 3.63) is 48.0 Å². The van der Waals surface area contributed by atoms with E-state index in [0.717, 1.165) is 17.0 Å². The van der Waals surface area contributed by atoms with Crippen molar-refractivity contribution in [2.75, 3.05) is 18.2 Å². The number of rotatable bonds is 6. The second-order valence-corrected chi connectivity index (χ2v) is 5.59. The van der Waals surface area contributed by atoms with Crippen molar-refractivity contribution < 1.29 is 9.84 Å². The summed E-state index contributed by atoms with van der Waals surface area (Å²) in [5.74, 6) is 1.71. The van der Waals surface area contributed by atoms with Crippen molar-refractivity contribution in [3.8, 4) is 11.5 Å². The lowest BCUT2D eigenvalue weighted by atomic mass is 10.2. The van der Waals surface area contributed by atoms with E-state index in [-0.39, 0.29) is 5.75 Å². The second-order valence-electron chi connectivity index (χ2n) is 4.29. The number of phenols is 1. The number of para-hydroxylation sites is 1. The fourth-order valence-electron chi connectivity index (χ4n) is 1.94. The molecule has 0 spiro atoms. The lowest BCUT2D eigenvalue weighted by molar-refractivity contribution is 0.373. The minimum Gasteiger partial charge on any atom is -0.504 e. The zero-order valence-corrected chi connectivity index (χ0v) is 12.5. The van der Waals surface area contributed by atoms with Crippen LogP contribution in [-0.4, -0.2) is 18.0 Å². The molecule has 2 aromatic rings. The molecular formula is C16H19NO2S. The lowest BCUT2D eigenvalue weighted by Crippen LogP contribution is -2.00. The summed E-state index contributed by atoms with van der Waals surface area (Å²) in [5.41, 5.74) is 2.13. The van der Waals surface area contributed by atoms with Gasteiger partial charge < -0.3 is 15.2 Å². The highest BCUT2D eigenvalue weighted by atomic mass is 32.2. The summed E-state index contributed by atoms with van der Waals surface area (Å²) in [5, 5.41) is 13.2. The maximum absolute atomic E-state index is 9.77. The number of anilines is 1. The third-order valence-electron chi connectivity index (χ3n) is 2.91. The Hall–Kier alpha value is -1.81. The van der Waals surface area contributed by atoms with Crippen LogP contribution in [0.4, 0.5) is 5.69 Å². The van der Waals surface area contributed by atoms with Crippen molar-refractivity contribution >= 4 is 17.4 Å². The van der Waals surface area contributed by atoms with Crippen molar-refractivity contribution in [3.63, 3.8) is 0 Å². The van der Waals surface area contributed by atoms with Crippen molar-refractivity contribution in [2.24, 2.45) is 0 Å². The quantitative estimate of drug-likeness (QED) is 0.785. The first-order chi connectivity index (χ1) is 9.74. The molecule has 0 bridgehead atoms. The molecule has 0 saturated carbocycles. The van der Waals surface area contributed by atoms with E-state index >= 15 is 0 Å². The highest BCUT2D eigenvalue weighted by Crippen LogP contribution is 2.29. The van der Waals surface area contributed by atoms with Gasteiger partial charge in [-0.2, -0.15) is 0 Å². The number of aromatic hydroxyl groups is 1. The van der Waals surface area contributed by atoms with Crippen LogP contribution < -0.4 is 10.1 Å². The molecule has 0 radical (unpaired) electrons. The van der Waals surface area contributed by atoms with Crippen molar-refractivity contribution in [2.45, 2.75) is 18.4 Å². The van der Waals surface area contributed by atoms with E-state index in [2.05, 4.69) is 24.4 Å². The predicted molar refractivity (Wildman–Crippen MR) is 84.8 cm³/mol. The summed E-state index contributed by atoms with van der Waals surface area (Å²) in [6.07, 6.45) is 0. The van der Waals surface area contributed by atoms with Gasteiger partial charge in [-0.1, -0.05) is 25.1 Å². The Labute approximate surface area is 124 Å². The molecule has 106 valence electrons. The van der Waals surface area contributed by atoms with Gasteiger partial charge in [0.2, 0.25) is 0 Å². The molecule has 0 aliphatic heterocycles. The van der Waals surface area contributed by atoms with Gasteiger partial charge in [0.05, 0.1) is 7.11 Å². The first-order valence-corrected chi connectivity index (χ1v) is 7.54. The predicted octanol–water partition coefficient (Wildman–Crippen LogP) is 4.12. The SMILES string of the molecule is CCSc1ccccc1NCc1ccc(OC)c(O)c1. The van der Waals surface area contributed by atoms with Gasteiger partial charge in [0.15, 0.2) is 11.5 Å². The summed E-state index contributed by atoms with van der Waals surface area (Å²) in [4.78, 5) is 1.24. The normalized spacial score (nSPS) is 10.3. The van der Waals surface area contributed by atoms with E-state index in [4.69, 9.17) is 4.74 Å². The average Bonchev–Trinajstić information content (AvgIpc) is 2.47. The van der Waals surface area contributed by atoms with E-state index in [1.54, 1.807) is 19.2 Å². The summed E-state index contributed by atoms with van der Waals surface area (Å²) in [6.45, 7) is 2.81. The number of hydrogen-bond donors (Lipinski definition) is 2. The van der Waals surface area contributed by atoms with Gasteiger partial charge in [-0.05, 0) is 35.6 Å². The molecular weight excluding hydrogens is 270 g/mol. The molecule has 0 fully saturated rings. The van der Waals surface area contributed by atoms with Crippen LogP contribution in [-0.2, 0) is 6.54 Å². The summed E-state index contributed by atoms with van der Waals surface area (Å²) in [6, 6.07) is 13.7. The van der Waals surface area contributed by atoms with Gasteiger partial charge in [0.1, 0.15) is 0 Å². The van der Waals surface area contributed by atoms with E-state index < -0.39 is 0 Å². The van der Waals surface area contributed by atoms with Gasteiger partial charge in [0, 0.05) is 17.1 Å². The van der Waals surface area contributed by atoms with Gasteiger partial charge in [-0.3, -0.25) is 0 Å². The first kappa shape index (κ1) is 14.6. The average molecular weight is 289 g/mol. The molecule has 0 aliphatic carbocycles. The van der Waals surface area contributed by atoms with Crippen LogP contribution in [0.15, 0.2) is 47.4 Å². The van der Waals surface area contributed by atoms with E-state index in [9.17, 15) is 5.11 Å². The van der Waals surface area contributed by atoms with Crippen LogP contribution in [0.3, 0.4) is 0 Å². The molecule has 2 aromatic carbocycles. The number of phenolic OH excluding ortho intramolecular Hbond substituents is 1. The van der Waals surface area contributed by atoms with E-state index in [1.165, 1.54) is 4.90 Å². The Balaban J connectivity index is 2.07. The van der Waals surface area contributed by atoms with Crippen molar-refractivity contribution in [1.82, 2.24) is 0 Å². The molecule has 0 heterocycles. The molecule has 0 amide bonds. The molecule has 0 saturated heterocycles. The number of ether oxygens (including phenoxy) is 1. The molecule has 0 aliphatic rings. The smallest absolute Gasteiger partial charge is 0.160 e. The summed E-state index contributed by atoms with van der Waals surface area (Å²) in [7, 11) is 1.55. The third-order valence-corrected chi connectivity index (χ3v) is 3.87. The number of thioether (sulfide) groups is 1. The Bertz CT molecular complexity index is 572. The molecule has 20 heavy (non-hydrogen) atoms. The maximum atomic E-state index is 9.77. The minimum atomic E-state index is 0.169. The largest absolute Gasteiger partial charge is 0.504 e. The summed E-state index contributed by atoms with van der Waals surface area (Å²) < 4.78 is 5.04. The van der Waals surface area contributed by atoms with Crippen LogP contribution in [0.5, 0.6) is 11.5 Å². The maximum Gasteiger partial charge on any atom is 0.160 e. The molecule has 3 nitrogen and oxygen atoms in total. The topological polar surface area (TPSA) is 41.5 Å². The van der Waals surface area contributed by atoms with Crippen LogP contribution in [0.1, 0.15) is 12.5 Å². The standard InChI is InChI=1S/C16H19NO2S/c1-3-20-16-7-5-4-6-13(16)17-11-12-8-9-15(19-2)14(18)10-12/h4-10,17-18H,3,11H2,1-2H3. The Morgan fingerprint density at radius 2 is 2.00 bits per heavy atom. The van der Waals surface area contributed by atoms with Gasteiger partial charge >= 0.3 is 0 Å². The Morgan fingerprint density at radius 1 is 1.20 bits per heavy atom. The van der Waals surface area contributed by atoms with Gasteiger partial charge in [0.25, 0.3) is 0 Å². The van der Waals surface area contributed by atoms with Gasteiger partial charge in [-0.15, -0.1) is 11.8 Å². The molecule has 0 atom stereocenters. The monoisotopic (exact) mass is 289 g/mol. The third kappa shape index (κ3) is 3.61. The summed E-state index contributed by atoms with van der Waals surface area (Å²) >= 11 is 1.81. The van der Waals surface area contributed by atoms with Crippen LogP contribution in [0.2, 0.25) is 0 Å². The van der Waals surface area contributed by atoms with Crippen LogP contribution in [0.25, 0.3) is 0 Å². The van der Waals surface area contributed by atoms with E-state index in [0.29, 0.717) is 12.3 Å². The molecule has 4 heteroatoms. The zero-order valence-electron chi connectivity index (χ0n) is 11.7. The van der Waals surface area contributed by atoms with Crippen LogP contribution >= 0.6 is 11.8 Å². The number of methoxy groups -OCH3 is 1. The van der Waals surface area contributed by atoms with E-state index in [1.807, 2.05) is 30.0 Å². The minimum absolute atomic E-state index is 0.169. The highest BCUT2D eigenvalue weighted by Gasteiger charge is 2.04. The lowest BCUT2D eigenvalue weighted by Gasteiger charge is -2.12. The fraction of sp³-hybridized carbons (Fsp3) is 0.250. The first-order valence-electron chi connectivity index (χ1n) is 6.56. The van der Waals surface area contributed by atoms with Crippen LogP contribution in [0, 0.1) is 0 Å². The number of nitrogens with one attached hydrogen (secondary N) is 1. The fourth-order valence-corrected chi connectivity index (χ4v) is 2.72. The Kier molecular flexibility index (Phi) is 5.18. The van der Waals surface area contributed by atoms with Crippen molar-refractivity contribution in [1.29, 1.82) is 0 Å². The number of hydrogen-bond acceptors (Lipinski definition) is 4. The Morgan fingerprint density at radius 3 is 2.70 bits per heavy atom. The number of benzene rings is 2. The zero-order chi connectivity index (χ0) is 14.4. The molecule has 0 aromatic heterocycles. The molecule has 2 rings (SSSR count). The van der Waals surface area contributed by atoms with Gasteiger partial charge in [-0.25, -0.2) is 0 Å². The molecule has 0 unspecified atom stereocenters. The molecule has 2 N–H and O–H groups in total. The highest BCUT2D eigenvalue weighted by molar-refractivity contribution is 7.99.